The third kappa shape index (κ3) is 3.80. The monoisotopic (exact) mass is 321 g/mol. The van der Waals surface area contributed by atoms with Crippen molar-refractivity contribution in [3.05, 3.63) is 34.9 Å². The molecule has 3 rings (SSSR count). The normalized spacial score (nSPS) is 23.5. The van der Waals surface area contributed by atoms with Gasteiger partial charge in [0.25, 0.3) is 0 Å². The number of amides is 1. The Hall–Kier alpha value is -1.10. The third-order valence-corrected chi connectivity index (χ3v) is 4.87. The number of carbonyl (C=O) groups excluding carboxylic acids is 1. The minimum absolute atomic E-state index is 0.223. The van der Waals surface area contributed by atoms with Crippen LogP contribution in [0.1, 0.15) is 30.9 Å². The predicted molar refractivity (Wildman–Crippen MR) is 89.1 cm³/mol. The van der Waals surface area contributed by atoms with Crippen molar-refractivity contribution in [1.29, 1.82) is 0 Å². The van der Waals surface area contributed by atoms with Crippen molar-refractivity contribution in [2.75, 3.05) is 39.3 Å². The van der Waals surface area contributed by atoms with Crippen LogP contribution in [0.3, 0.4) is 0 Å². The van der Waals surface area contributed by atoms with Crippen LogP contribution in [0.4, 0.5) is 0 Å². The summed E-state index contributed by atoms with van der Waals surface area (Å²) in [5.41, 5.74) is 1.19. The van der Waals surface area contributed by atoms with Gasteiger partial charge in [-0.25, -0.2) is 0 Å². The molecule has 2 aliphatic heterocycles. The summed E-state index contributed by atoms with van der Waals surface area (Å²) in [5.74, 6) is 0.272. The molecule has 1 atom stereocenters. The first-order valence-corrected chi connectivity index (χ1v) is 8.60. The number of likely N-dealkylation sites (tertiary alicyclic amines) is 1. The molecule has 120 valence electrons. The van der Waals surface area contributed by atoms with E-state index < -0.39 is 0 Å². The van der Waals surface area contributed by atoms with Crippen LogP contribution in [-0.2, 0) is 4.79 Å². The summed E-state index contributed by atoms with van der Waals surface area (Å²) in [6.07, 6.45) is 3.54. The molecule has 2 fully saturated rings. The van der Waals surface area contributed by atoms with Crippen molar-refractivity contribution in [2.45, 2.75) is 25.3 Å². The Morgan fingerprint density at radius 3 is 2.82 bits per heavy atom. The van der Waals surface area contributed by atoms with Crippen molar-refractivity contribution >= 4 is 17.5 Å². The Labute approximate surface area is 137 Å². The number of rotatable bonds is 3. The Balaban J connectivity index is 1.68. The highest BCUT2D eigenvalue weighted by Gasteiger charge is 2.27. The lowest BCUT2D eigenvalue weighted by Crippen LogP contribution is -2.50. The van der Waals surface area contributed by atoms with Gasteiger partial charge in [-0.15, -0.1) is 0 Å². The van der Waals surface area contributed by atoms with Gasteiger partial charge in [0.15, 0.2) is 0 Å². The first-order valence-electron chi connectivity index (χ1n) is 8.22. The molecular weight excluding hydrogens is 298 g/mol. The molecule has 22 heavy (non-hydrogen) atoms. The van der Waals surface area contributed by atoms with Crippen LogP contribution in [0.25, 0.3) is 0 Å². The number of benzene rings is 1. The number of hydrogen-bond donors (Lipinski definition) is 1. The smallest absolute Gasteiger partial charge is 0.236 e. The van der Waals surface area contributed by atoms with Crippen molar-refractivity contribution in [1.82, 2.24) is 15.1 Å². The summed E-state index contributed by atoms with van der Waals surface area (Å²) in [6, 6.07) is 8.21. The Morgan fingerprint density at radius 2 is 2.05 bits per heavy atom. The second-order valence-electron chi connectivity index (χ2n) is 6.19. The average Bonchev–Trinajstić information content (AvgIpc) is 2.56. The first-order chi connectivity index (χ1) is 10.7. The Bertz CT molecular complexity index is 516. The van der Waals surface area contributed by atoms with Gasteiger partial charge in [0.2, 0.25) is 5.91 Å². The number of nitrogens with one attached hydrogen (secondary N) is 1. The molecule has 2 aliphatic rings. The number of hydrogen-bond acceptors (Lipinski definition) is 3. The van der Waals surface area contributed by atoms with Crippen LogP contribution in [-0.4, -0.2) is 55.0 Å². The van der Waals surface area contributed by atoms with E-state index in [-0.39, 0.29) is 11.9 Å². The van der Waals surface area contributed by atoms with Gasteiger partial charge in [0, 0.05) is 43.8 Å². The third-order valence-electron chi connectivity index (χ3n) is 4.63. The molecule has 4 nitrogen and oxygen atoms in total. The highest BCUT2D eigenvalue weighted by molar-refractivity contribution is 6.30. The molecule has 0 aliphatic carbocycles. The predicted octanol–water partition coefficient (Wildman–Crippen LogP) is 2.30. The highest BCUT2D eigenvalue weighted by Crippen LogP contribution is 2.24. The quantitative estimate of drug-likeness (QED) is 0.928. The lowest BCUT2D eigenvalue weighted by molar-refractivity contribution is -0.134. The summed E-state index contributed by atoms with van der Waals surface area (Å²) < 4.78 is 0. The van der Waals surface area contributed by atoms with Crippen molar-refractivity contribution in [3.8, 4) is 0 Å². The van der Waals surface area contributed by atoms with E-state index in [0.717, 1.165) is 50.6 Å². The van der Waals surface area contributed by atoms with Gasteiger partial charge < -0.3 is 10.2 Å². The molecule has 2 saturated heterocycles. The summed E-state index contributed by atoms with van der Waals surface area (Å²) >= 11 is 6.13. The molecule has 1 unspecified atom stereocenters. The molecule has 0 saturated carbocycles. The standard InChI is InChI=1S/C17H24ClN3O/c18-15-6-4-5-14(11-15)16-12-19-7-10-21(16)13-17(22)20-8-2-1-3-9-20/h4-6,11,16,19H,1-3,7-10,12-13H2. The molecule has 0 radical (unpaired) electrons. The fourth-order valence-electron chi connectivity index (χ4n) is 3.40. The first kappa shape index (κ1) is 15.8. The van der Waals surface area contributed by atoms with Crippen LogP contribution in [0, 0.1) is 0 Å². The second kappa shape index (κ2) is 7.44. The maximum atomic E-state index is 12.5. The van der Waals surface area contributed by atoms with Crippen LogP contribution in [0.5, 0.6) is 0 Å². The zero-order valence-corrected chi connectivity index (χ0v) is 13.7. The van der Waals surface area contributed by atoms with Gasteiger partial charge in [-0.2, -0.15) is 0 Å². The fourth-order valence-corrected chi connectivity index (χ4v) is 3.59. The molecule has 1 aromatic rings. The van der Waals surface area contributed by atoms with Gasteiger partial charge >= 0.3 is 0 Å². The van der Waals surface area contributed by atoms with Gasteiger partial charge in [-0.1, -0.05) is 23.7 Å². The van der Waals surface area contributed by atoms with Gasteiger partial charge in [-0.3, -0.25) is 9.69 Å². The van der Waals surface area contributed by atoms with E-state index in [2.05, 4.69) is 16.3 Å². The molecule has 0 spiro atoms. The van der Waals surface area contributed by atoms with E-state index in [1.807, 2.05) is 23.1 Å². The Morgan fingerprint density at radius 1 is 1.23 bits per heavy atom. The number of carbonyl (C=O) groups is 1. The number of piperidine rings is 1. The number of halogens is 1. The molecule has 2 heterocycles. The largest absolute Gasteiger partial charge is 0.342 e. The summed E-state index contributed by atoms with van der Waals surface area (Å²) in [6.45, 7) is 5.06. The lowest BCUT2D eigenvalue weighted by atomic mass is 10.0. The Kier molecular flexibility index (Phi) is 5.34. The zero-order chi connectivity index (χ0) is 15.4. The van der Waals surface area contributed by atoms with Crippen molar-refractivity contribution in [2.24, 2.45) is 0 Å². The number of nitrogens with zero attached hydrogens (tertiary/aromatic N) is 2. The molecule has 0 bridgehead atoms. The minimum Gasteiger partial charge on any atom is -0.342 e. The van der Waals surface area contributed by atoms with Crippen molar-refractivity contribution < 1.29 is 4.79 Å². The lowest BCUT2D eigenvalue weighted by Gasteiger charge is -2.37. The van der Waals surface area contributed by atoms with E-state index in [0.29, 0.717) is 6.54 Å². The zero-order valence-electron chi connectivity index (χ0n) is 12.9. The highest BCUT2D eigenvalue weighted by atomic mass is 35.5. The molecule has 1 N–H and O–H groups in total. The molecule has 5 heteroatoms. The summed E-state index contributed by atoms with van der Waals surface area (Å²) in [5, 5.41) is 4.18. The molecule has 0 aromatic heterocycles. The maximum absolute atomic E-state index is 12.5. The second-order valence-corrected chi connectivity index (χ2v) is 6.62. The molecule has 1 amide bonds. The van der Waals surface area contributed by atoms with Crippen LogP contribution >= 0.6 is 11.6 Å². The summed E-state index contributed by atoms with van der Waals surface area (Å²) in [7, 11) is 0. The SMILES string of the molecule is O=C(CN1CCNCC1c1cccc(Cl)c1)N1CCCCC1. The topological polar surface area (TPSA) is 35.6 Å². The maximum Gasteiger partial charge on any atom is 0.236 e. The van der Waals surface area contributed by atoms with Crippen molar-refractivity contribution in [3.63, 3.8) is 0 Å². The minimum atomic E-state index is 0.223. The van der Waals surface area contributed by atoms with Gasteiger partial charge in [0.05, 0.1) is 6.54 Å². The van der Waals surface area contributed by atoms with E-state index >= 15 is 0 Å². The molecule has 1 aromatic carbocycles. The molecular formula is C17H24ClN3O. The fraction of sp³-hybridized carbons (Fsp3) is 0.588. The van der Waals surface area contributed by atoms with Crippen LogP contribution in [0.2, 0.25) is 5.02 Å². The van der Waals surface area contributed by atoms with E-state index in [4.69, 9.17) is 11.6 Å². The van der Waals surface area contributed by atoms with E-state index in [9.17, 15) is 4.79 Å². The average molecular weight is 322 g/mol. The summed E-state index contributed by atoms with van der Waals surface area (Å²) in [4.78, 5) is 16.9. The van der Waals surface area contributed by atoms with Gasteiger partial charge in [0.1, 0.15) is 0 Å². The van der Waals surface area contributed by atoms with Gasteiger partial charge in [-0.05, 0) is 37.0 Å². The van der Waals surface area contributed by atoms with E-state index in [1.165, 1.54) is 12.0 Å². The van der Waals surface area contributed by atoms with Crippen LogP contribution < -0.4 is 5.32 Å². The number of piperazine rings is 1. The van der Waals surface area contributed by atoms with E-state index in [1.54, 1.807) is 0 Å². The van der Waals surface area contributed by atoms with Crippen LogP contribution in [0.15, 0.2) is 24.3 Å².